The molecular weight excluding hydrogens is 313 g/mol. The highest BCUT2D eigenvalue weighted by Crippen LogP contribution is 2.08. The van der Waals surface area contributed by atoms with Gasteiger partial charge in [-0.1, -0.05) is 0 Å². The molecule has 2 aromatic rings. The molecule has 2 rings (SSSR count). The van der Waals surface area contributed by atoms with Gasteiger partial charge >= 0.3 is 0 Å². The fourth-order valence-electron chi connectivity index (χ4n) is 1.68. The van der Waals surface area contributed by atoms with E-state index in [0.29, 0.717) is 12.2 Å². The summed E-state index contributed by atoms with van der Waals surface area (Å²) in [6, 6.07) is 5.39. The highest BCUT2D eigenvalue weighted by molar-refractivity contribution is 5.92. The van der Waals surface area contributed by atoms with Gasteiger partial charge in [-0.2, -0.15) is 5.10 Å². The summed E-state index contributed by atoms with van der Waals surface area (Å²) in [5, 5.41) is 7.15. The number of nitrogens with zero attached hydrogens (tertiary/aromatic N) is 4. The molecular formula is C13H19Cl2N5O. The summed E-state index contributed by atoms with van der Waals surface area (Å²) in [7, 11) is 3.62. The van der Waals surface area contributed by atoms with Gasteiger partial charge in [-0.3, -0.25) is 9.78 Å². The van der Waals surface area contributed by atoms with Crippen LogP contribution in [-0.2, 0) is 0 Å². The molecule has 0 unspecified atom stereocenters. The van der Waals surface area contributed by atoms with E-state index in [1.54, 1.807) is 35.1 Å². The summed E-state index contributed by atoms with van der Waals surface area (Å²) in [5.74, 6) is -0.0933. The Labute approximate surface area is 136 Å². The van der Waals surface area contributed by atoms with Crippen molar-refractivity contribution < 1.29 is 4.79 Å². The first kappa shape index (κ1) is 19.4. The number of hydrogen-bond donors (Lipinski definition) is 1. The Bertz CT molecular complexity index is 547. The number of carbonyl (C=O) groups is 1. The average Bonchev–Trinajstić information content (AvgIpc) is 2.98. The number of pyridine rings is 1. The molecule has 8 heteroatoms. The summed E-state index contributed by atoms with van der Waals surface area (Å²) in [4.78, 5) is 17.9. The number of halogens is 2. The lowest BCUT2D eigenvalue weighted by Crippen LogP contribution is -2.33. The van der Waals surface area contributed by atoms with Gasteiger partial charge in [0.2, 0.25) is 0 Å². The van der Waals surface area contributed by atoms with E-state index in [0.717, 1.165) is 12.2 Å². The Kier molecular flexibility index (Phi) is 8.61. The molecule has 21 heavy (non-hydrogen) atoms. The molecule has 0 aliphatic heterocycles. The number of nitrogens with one attached hydrogen (secondary N) is 1. The third kappa shape index (κ3) is 5.00. The van der Waals surface area contributed by atoms with Gasteiger partial charge in [-0.15, -0.1) is 24.8 Å². The number of aromatic nitrogens is 3. The van der Waals surface area contributed by atoms with Gasteiger partial charge in [-0.05, 0) is 25.2 Å². The topological polar surface area (TPSA) is 63.1 Å². The Morgan fingerprint density at radius 1 is 1.38 bits per heavy atom. The SMILES string of the molecule is CNCCN(C)C(=O)c1cc(-n2cccn2)ccn1.Cl.Cl. The number of carbonyl (C=O) groups excluding carboxylic acids is 1. The third-order valence-corrected chi connectivity index (χ3v) is 2.78. The van der Waals surface area contributed by atoms with Crippen LogP contribution in [0, 0.1) is 0 Å². The van der Waals surface area contributed by atoms with E-state index in [1.165, 1.54) is 0 Å². The first-order valence-corrected chi connectivity index (χ1v) is 6.08. The van der Waals surface area contributed by atoms with Crippen molar-refractivity contribution in [1.82, 2.24) is 25.0 Å². The van der Waals surface area contributed by atoms with Crippen molar-refractivity contribution in [3.63, 3.8) is 0 Å². The minimum absolute atomic E-state index is 0. The van der Waals surface area contributed by atoms with Gasteiger partial charge in [0.1, 0.15) is 5.69 Å². The van der Waals surface area contributed by atoms with Crippen molar-refractivity contribution in [1.29, 1.82) is 0 Å². The van der Waals surface area contributed by atoms with Crippen LogP contribution in [-0.4, -0.2) is 52.8 Å². The van der Waals surface area contributed by atoms with Crippen LogP contribution in [0.15, 0.2) is 36.8 Å². The molecule has 0 spiro atoms. The standard InChI is InChI=1S/C13H17N5O.2ClH/c1-14-7-9-17(2)13(19)12-10-11(4-6-15-12)18-8-3-5-16-18;;/h3-6,8,10,14H,7,9H2,1-2H3;2*1H. The van der Waals surface area contributed by atoms with Crippen LogP contribution < -0.4 is 5.32 Å². The molecule has 1 amide bonds. The monoisotopic (exact) mass is 331 g/mol. The highest BCUT2D eigenvalue weighted by atomic mass is 35.5. The Balaban J connectivity index is 0.00000200. The van der Waals surface area contributed by atoms with Gasteiger partial charge in [-0.25, -0.2) is 4.68 Å². The predicted octanol–water partition coefficient (Wildman–Crippen LogP) is 1.40. The summed E-state index contributed by atoms with van der Waals surface area (Å²) in [6.07, 6.45) is 5.14. The van der Waals surface area contributed by atoms with Crippen molar-refractivity contribution >= 4 is 30.7 Å². The molecule has 6 nitrogen and oxygen atoms in total. The molecule has 0 aromatic carbocycles. The first-order valence-electron chi connectivity index (χ1n) is 6.08. The van der Waals surface area contributed by atoms with Crippen LogP contribution in [0.2, 0.25) is 0 Å². The van der Waals surface area contributed by atoms with E-state index >= 15 is 0 Å². The maximum absolute atomic E-state index is 12.2. The van der Waals surface area contributed by atoms with Crippen LogP contribution in [0.4, 0.5) is 0 Å². The molecule has 0 fully saturated rings. The maximum atomic E-state index is 12.2. The molecule has 0 aliphatic rings. The summed E-state index contributed by atoms with van der Waals surface area (Å²) in [6.45, 7) is 1.39. The summed E-state index contributed by atoms with van der Waals surface area (Å²) >= 11 is 0. The zero-order valence-electron chi connectivity index (χ0n) is 11.9. The average molecular weight is 332 g/mol. The molecule has 2 heterocycles. The summed E-state index contributed by atoms with van der Waals surface area (Å²) in [5.41, 5.74) is 1.25. The van der Waals surface area contributed by atoms with Crippen LogP contribution in [0.1, 0.15) is 10.5 Å². The second-order valence-corrected chi connectivity index (χ2v) is 4.18. The predicted molar refractivity (Wildman–Crippen MR) is 86.7 cm³/mol. The Morgan fingerprint density at radius 3 is 2.76 bits per heavy atom. The number of likely N-dealkylation sites (N-methyl/N-ethyl adjacent to an activating group) is 2. The van der Waals surface area contributed by atoms with Gasteiger partial charge < -0.3 is 10.2 Å². The zero-order valence-corrected chi connectivity index (χ0v) is 13.5. The maximum Gasteiger partial charge on any atom is 0.272 e. The van der Waals surface area contributed by atoms with Gasteiger partial charge in [0.15, 0.2) is 0 Å². The largest absolute Gasteiger partial charge is 0.339 e. The lowest BCUT2D eigenvalue weighted by atomic mass is 10.3. The molecule has 2 aromatic heterocycles. The van der Waals surface area contributed by atoms with E-state index in [1.807, 2.05) is 25.4 Å². The third-order valence-electron chi connectivity index (χ3n) is 2.78. The molecule has 0 saturated heterocycles. The number of hydrogen-bond acceptors (Lipinski definition) is 4. The molecule has 0 saturated carbocycles. The highest BCUT2D eigenvalue weighted by Gasteiger charge is 2.13. The van der Waals surface area contributed by atoms with Crippen molar-refractivity contribution in [2.24, 2.45) is 0 Å². The normalized spacial score (nSPS) is 9.43. The van der Waals surface area contributed by atoms with Crippen LogP contribution in [0.3, 0.4) is 0 Å². The first-order chi connectivity index (χ1) is 9.22. The second-order valence-electron chi connectivity index (χ2n) is 4.18. The van der Waals surface area contributed by atoms with E-state index in [4.69, 9.17) is 0 Å². The Hall–Kier alpha value is -1.63. The smallest absolute Gasteiger partial charge is 0.272 e. The Morgan fingerprint density at radius 2 is 2.14 bits per heavy atom. The molecule has 0 atom stereocenters. The minimum Gasteiger partial charge on any atom is -0.339 e. The number of amides is 1. The summed E-state index contributed by atoms with van der Waals surface area (Å²) < 4.78 is 1.70. The lowest BCUT2D eigenvalue weighted by molar-refractivity contribution is 0.0791. The van der Waals surface area contributed by atoms with E-state index in [-0.39, 0.29) is 30.7 Å². The fraction of sp³-hybridized carbons (Fsp3) is 0.308. The fourth-order valence-corrected chi connectivity index (χ4v) is 1.68. The van der Waals surface area contributed by atoms with Gasteiger partial charge in [0, 0.05) is 38.7 Å². The lowest BCUT2D eigenvalue weighted by Gasteiger charge is -2.16. The zero-order chi connectivity index (χ0) is 13.7. The minimum atomic E-state index is -0.0933. The molecule has 0 aliphatic carbocycles. The van der Waals surface area contributed by atoms with Crippen LogP contribution in [0.25, 0.3) is 5.69 Å². The van der Waals surface area contributed by atoms with Gasteiger partial charge in [0.25, 0.3) is 5.91 Å². The van der Waals surface area contributed by atoms with E-state index in [9.17, 15) is 4.79 Å². The second kappa shape index (κ2) is 9.33. The number of rotatable bonds is 5. The van der Waals surface area contributed by atoms with E-state index < -0.39 is 0 Å². The van der Waals surface area contributed by atoms with Crippen molar-refractivity contribution in [3.05, 3.63) is 42.5 Å². The van der Waals surface area contributed by atoms with Crippen molar-refractivity contribution in [2.45, 2.75) is 0 Å². The van der Waals surface area contributed by atoms with Gasteiger partial charge in [0.05, 0.1) is 5.69 Å². The van der Waals surface area contributed by atoms with Crippen LogP contribution in [0.5, 0.6) is 0 Å². The van der Waals surface area contributed by atoms with Crippen molar-refractivity contribution in [3.8, 4) is 5.69 Å². The molecule has 0 radical (unpaired) electrons. The van der Waals surface area contributed by atoms with Crippen LogP contribution >= 0.6 is 24.8 Å². The van der Waals surface area contributed by atoms with E-state index in [2.05, 4.69) is 15.4 Å². The van der Waals surface area contributed by atoms with Crippen molar-refractivity contribution in [2.75, 3.05) is 27.2 Å². The molecule has 0 bridgehead atoms. The molecule has 116 valence electrons. The molecule has 1 N–H and O–H groups in total. The quantitative estimate of drug-likeness (QED) is 0.899.